The number of carbonyl (C=O) groups is 4. The molecule has 0 spiro atoms. The average molecular weight is 463 g/mol. The summed E-state index contributed by atoms with van der Waals surface area (Å²) < 4.78 is 4.98. The number of allylic oxidation sites excluding steroid dienone is 2. The number of nitrogens with zero attached hydrogens (tertiary/aromatic N) is 1. The van der Waals surface area contributed by atoms with E-state index in [2.05, 4.69) is 17.5 Å². The third kappa shape index (κ3) is 3.31. The van der Waals surface area contributed by atoms with E-state index in [9.17, 15) is 19.2 Å². The summed E-state index contributed by atoms with van der Waals surface area (Å²) in [6.45, 7) is 2.07. The van der Waals surface area contributed by atoms with E-state index in [0.717, 1.165) is 0 Å². The van der Waals surface area contributed by atoms with Crippen LogP contribution in [0.15, 0.2) is 36.4 Å². The zero-order chi connectivity index (χ0) is 23.6. The zero-order valence-corrected chi connectivity index (χ0v) is 19.3. The molecule has 178 valence electrons. The normalized spacial score (nSPS) is 37.3. The van der Waals surface area contributed by atoms with Crippen LogP contribution >= 0.6 is 0 Å². The van der Waals surface area contributed by atoms with E-state index in [0.29, 0.717) is 55.4 Å². The molecule has 34 heavy (non-hydrogen) atoms. The Kier molecular flexibility index (Phi) is 5.12. The van der Waals surface area contributed by atoms with Crippen molar-refractivity contribution in [1.29, 1.82) is 0 Å². The molecule has 1 N–H and O–H groups in total. The highest BCUT2D eigenvalue weighted by Gasteiger charge is 2.67. The van der Waals surface area contributed by atoms with Gasteiger partial charge in [-0.05, 0) is 87.0 Å². The first kappa shape index (κ1) is 21.6. The Labute approximate surface area is 198 Å². The van der Waals surface area contributed by atoms with E-state index in [4.69, 9.17) is 4.74 Å². The summed E-state index contributed by atoms with van der Waals surface area (Å²) in [6, 6.07) is 6.59. The van der Waals surface area contributed by atoms with Crippen molar-refractivity contribution in [2.24, 2.45) is 41.4 Å². The molecule has 3 amide bonds. The van der Waals surface area contributed by atoms with E-state index < -0.39 is 0 Å². The molecular formula is C27H30N2O5. The first-order valence-electron chi connectivity index (χ1n) is 12.6. The second-order valence-electron chi connectivity index (χ2n) is 10.5. The lowest BCUT2D eigenvalue weighted by Gasteiger charge is -2.37. The molecular weight excluding hydrogens is 432 g/mol. The summed E-state index contributed by atoms with van der Waals surface area (Å²) in [4.78, 5) is 52.9. The molecule has 7 nitrogen and oxygen atoms in total. The summed E-state index contributed by atoms with van der Waals surface area (Å²) in [7, 11) is 0. The van der Waals surface area contributed by atoms with Crippen LogP contribution in [0.5, 0.6) is 0 Å². The number of rotatable bonds is 5. The molecule has 6 atom stereocenters. The zero-order valence-electron chi connectivity index (χ0n) is 19.3. The molecule has 0 unspecified atom stereocenters. The lowest BCUT2D eigenvalue weighted by molar-refractivity contribution is -0.144. The first-order valence-corrected chi connectivity index (χ1v) is 12.6. The third-order valence-electron chi connectivity index (χ3n) is 8.79. The molecule has 6 aliphatic rings. The Morgan fingerprint density at radius 2 is 1.53 bits per heavy atom. The minimum Gasteiger partial charge on any atom is -0.462 e. The van der Waals surface area contributed by atoms with Gasteiger partial charge in [-0.2, -0.15) is 0 Å². The summed E-state index contributed by atoms with van der Waals surface area (Å²) in [5.41, 5.74) is 1.08. The number of nitrogens with one attached hydrogen (secondary N) is 1. The molecule has 2 bridgehead atoms. The SMILES string of the molecule is CCOC(=O)c1ccc(NC(=O)C2CCC(N3C(=O)[C@@H]4[C@@H]5C=C[C@H]([C@H]6C[C@H]56)[C@@H]4C3=O)CC2)cc1. The number of anilines is 1. The highest BCUT2D eigenvalue weighted by molar-refractivity contribution is 6.06. The van der Waals surface area contributed by atoms with Crippen molar-refractivity contribution in [3.05, 3.63) is 42.0 Å². The van der Waals surface area contributed by atoms with Crippen molar-refractivity contribution < 1.29 is 23.9 Å². The number of likely N-dealkylation sites (tertiary alicyclic amines) is 1. The van der Waals surface area contributed by atoms with Crippen LogP contribution in [0.1, 0.15) is 49.4 Å². The summed E-state index contributed by atoms with van der Waals surface area (Å²) in [5.74, 6) is 0.901. The van der Waals surface area contributed by atoms with Gasteiger partial charge in [-0.3, -0.25) is 19.3 Å². The minimum absolute atomic E-state index is 0.0364. The highest BCUT2D eigenvalue weighted by Crippen LogP contribution is 2.65. The van der Waals surface area contributed by atoms with Crippen LogP contribution in [0, 0.1) is 41.4 Å². The van der Waals surface area contributed by atoms with Gasteiger partial charge in [0.05, 0.1) is 24.0 Å². The van der Waals surface area contributed by atoms with E-state index in [1.807, 2.05) is 0 Å². The lowest BCUT2D eigenvalue weighted by atomic mass is 9.63. The molecule has 5 aliphatic carbocycles. The smallest absolute Gasteiger partial charge is 0.338 e. The highest BCUT2D eigenvalue weighted by atomic mass is 16.5. The molecule has 7 heteroatoms. The second-order valence-corrected chi connectivity index (χ2v) is 10.5. The topological polar surface area (TPSA) is 92.8 Å². The van der Waals surface area contributed by atoms with Crippen LogP contribution in [0.25, 0.3) is 0 Å². The number of amides is 3. The van der Waals surface area contributed by atoms with Crippen molar-refractivity contribution in [2.45, 2.75) is 45.1 Å². The lowest BCUT2D eigenvalue weighted by Crippen LogP contribution is -2.44. The van der Waals surface area contributed by atoms with Gasteiger partial charge in [-0.1, -0.05) is 12.2 Å². The van der Waals surface area contributed by atoms with Gasteiger partial charge in [0.25, 0.3) is 0 Å². The van der Waals surface area contributed by atoms with Crippen LogP contribution < -0.4 is 5.32 Å². The minimum atomic E-state index is -0.384. The summed E-state index contributed by atoms with van der Waals surface area (Å²) in [5, 5.41) is 2.94. The molecule has 3 saturated carbocycles. The van der Waals surface area contributed by atoms with Crippen LogP contribution in [0.2, 0.25) is 0 Å². The molecule has 4 fully saturated rings. The third-order valence-corrected chi connectivity index (χ3v) is 8.79. The standard InChI is InChI=1S/C27H30N2O5/c1-2-34-27(33)15-3-7-16(8-4-15)28-24(30)14-5-9-17(10-6-14)29-25(31)22-18-11-12-19(21-13-20(18)21)23(22)26(29)32/h3-4,7-8,11-12,14,17-23H,2,5-6,9-10,13H2,1H3,(H,28,30)/t14?,17?,18-,19-,20-,21-,22-,23+/m1/s1. The van der Waals surface area contributed by atoms with Gasteiger partial charge in [-0.25, -0.2) is 4.79 Å². The van der Waals surface area contributed by atoms with Gasteiger partial charge < -0.3 is 10.1 Å². The van der Waals surface area contributed by atoms with Crippen molar-refractivity contribution in [3.8, 4) is 0 Å². The number of ether oxygens (including phenoxy) is 1. The van der Waals surface area contributed by atoms with Crippen molar-refractivity contribution in [1.82, 2.24) is 4.90 Å². The Bertz CT molecular complexity index is 1030. The van der Waals surface area contributed by atoms with Gasteiger partial charge in [-0.15, -0.1) is 0 Å². The fourth-order valence-corrected chi connectivity index (χ4v) is 7.08. The Morgan fingerprint density at radius 1 is 0.941 bits per heavy atom. The number of hydrogen-bond acceptors (Lipinski definition) is 5. The maximum atomic E-state index is 13.3. The average Bonchev–Trinajstić information content (AvgIpc) is 3.63. The Balaban J connectivity index is 1.06. The number of benzene rings is 1. The molecule has 1 saturated heterocycles. The Hall–Kier alpha value is -2.96. The number of carbonyl (C=O) groups excluding carboxylic acids is 4. The predicted molar refractivity (Wildman–Crippen MR) is 123 cm³/mol. The van der Waals surface area contributed by atoms with E-state index >= 15 is 0 Å². The van der Waals surface area contributed by atoms with Crippen molar-refractivity contribution in [3.63, 3.8) is 0 Å². The number of esters is 1. The molecule has 1 heterocycles. The fourth-order valence-electron chi connectivity index (χ4n) is 7.08. The van der Waals surface area contributed by atoms with Gasteiger partial charge in [0.1, 0.15) is 0 Å². The van der Waals surface area contributed by atoms with E-state index in [1.54, 1.807) is 36.1 Å². The van der Waals surface area contributed by atoms with Gasteiger partial charge in [0, 0.05) is 17.6 Å². The number of imide groups is 1. The predicted octanol–water partition coefficient (Wildman–Crippen LogP) is 3.41. The molecule has 1 aromatic rings. The fraction of sp³-hybridized carbons (Fsp3) is 0.556. The van der Waals surface area contributed by atoms with Gasteiger partial charge in [0.2, 0.25) is 17.7 Å². The summed E-state index contributed by atoms with van der Waals surface area (Å²) >= 11 is 0. The van der Waals surface area contributed by atoms with Crippen LogP contribution in [0.4, 0.5) is 5.69 Å². The molecule has 0 aromatic heterocycles. The van der Waals surface area contributed by atoms with Gasteiger partial charge in [0.15, 0.2) is 0 Å². The first-order chi connectivity index (χ1) is 16.5. The molecule has 0 radical (unpaired) electrons. The molecule has 1 aliphatic heterocycles. The quantitative estimate of drug-likeness (QED) is 0.411. The monoisotopic (exact) mass is 462 g/mol. The maximum Gasteiger partial charge on any atom is 0.338 e. The van der Waals surface area contributed by atoms with Gasteiger partial charge >= 0.3 is 5.97 Å². The number of hydrogen-bond donors (Lipinski definition) is 1. The largest absolute Gasteiger partial charge is 0.462 e. The van der Waals surface area contributed by atoms with Crippen molar-refractivity contribution in [2.75, 3.05) is 11.9 Å². The summed E-state index contributed by atoms with van der Waals surface area (Å²) in [6.07, 6.45) is 8.23. The molecule has 7 rings (SSSR count). The van der Waals surface area contributed by atoms with E-state index in [1.165, 1.54) is 6.42 Å². The Morgan fingerprint density at radius 3 is 2.09 bits per heavy atom. The van der Waals surface area contributed by atoms with Crippen LogP contribution in [-0.4, -0.2) is 41.2 Å². The second kappa shape index (κ2) is 8.07. The van der Waals surface area contributed by atoms with Crippen LogP contribution in [-0.2, 0) is 19.1 Å². The maximum absolute atomic E-state index is 13.3. The molecule has 1 aromatic carbocycles. The van der Waals surface area contributed by atoms with E-state index in [-0.39, 0.29) is 59.3 Å². The van der Waals surface area contributed by atoms with Crippen molar-refractivity contribution >= 4 is 29.4 Å². The van der Waals surface area contributed by atoms with Crippen LogP contribution in [0.3, 0.4) is 0 Å².